The Morgan fingerprint density at radius 3 is 2.10 bits per heavy atom. The Morgan fingerprint density at radius 1 is 0.966 bits per heavy atom. The quantitative estimate of drug-likeness (QED) is 0.674. The molecule has 9 heteroatoms. The number of carbonyl (C=O) groups is 3. The summed E-state index contributed by atoms with van der Waals surface area (Å²) in [6.07, 6.45) is 1.08. The summed E-state index contributed by atoms with van der Waals surface area (Å²) in [5.74, 6) is -0.901. The molecular weight excluding hydrogens is 394 g/mol. The average Bonchev–Trinajstić information content (AvgIpc) is 3.05. The number of sulfonamides is 1. The minimum Gasteiger partial charge on any atom is -0.322 e. The molecular formula is C20H21N3O5S. The van der Waals surface area contributed by atoms with E-state index in [9.17, 15) is 22.8 Å². The average molecular weight is 415 g/mol. The van der Waals surface area contributed by atoms with Crippen LogP contribution in [-0.2, 0) is 19.6 Å². The van der Waals surface area contributed by atoms with E-state index in [1.54, 1.807) is 12.1 Å². The second kappa shape index (κ2) is 8.54. The zero-order valence-corrected chi connectivity index (χ0v) is 16.7. The zero-order chi connectivity index (χ0) is 21.0. The lowest BCUT2D eigenvalue weighted by Gasteiger charge is -2.14. The minimum atomic E-state index is -3.56. The standard InChI is InChI=1S/C20H21N3O5S/c1-2-13-21-29(27,28)17-9-5-15(6-10-17)22-20(26)14-3-7-16(8-4-14)23-18(24)11-12-19(23)25/h3-10,21H,2,11-13H2,1H3,(H,22,26). The van der Waals surface area contributed by atoms with Crippen molar-refractivity contribution >= 4 is 39.1 Å². The van der Waals surface area contributed by atoms with Crippen LogP contribution in [0.4, 0.5) is 11.4 Å². The van der Waals surface area contributed by atoms with Gasteiger partial charge in [-0.2, -0.15) is 0 Å². The number of nitrogens with zero attached hydrogens (tertiary/aromatic N) is 1. The largest absolute Gasteiger partial charge is 0.322 e. The summed E-state index contributed by atoms with van der Waals surface area (Å²) >= 11 is 0. The molecule has 2 aromatic rings. The molecule has 2 aromatic carbocycles. The third-order valence-corrected chi connectivity index (χ3v) is 5.88. The first kappa shape index (κ1) is 20.7. The molecule has 29 heavy (non-hydrogen) atoms. The lowest BCUT2D eigenvalue weighted by molar-refractivity contribution is -0.121. The lowest BCUT2D eigenvalue weighted by Crippen LogP contribution is -2.28. The SMILES string of the molecule is CCCNS(=O)(=O)c1ccc(NC(=O)c2ccc(N3C(=O)CCC3=O)cc2)cc1. The van der Waals surface area contributed by atoms with E-state index in [4.69, 9.17) is 0 Å². The van der Waals surface area contributed by atoms with Gasteiger partial charge in [-0.1, -0.05) is 6.92 Å². The normalized spacial score (nSPS) is 14.3. The Labute approximate surface area is 169 Å². The van der Waals surface area contributed by atoms with Crippen molar-refractivity contribution in [2.75, 3.05) is 16.8 Å². The van der Waals surface area contributed by atoms with Gasteiger partial charge in [0.05, 0.1) is 10.6 Å². The minimum absolute atomic E-state index is 0.119. The molecule has 3 rings (SSSR count). The fourth-order valence-corrected chi connectivity index (χ4v) is 4.00. The van der Waals surface area contributed by atoms with Gasteiger partial charge in [0.25, 0.3) is 5.91 Å². The summed E-state index contributed by atoms with van der Waals surface area (Å²) < 4.78 is 26.6. The van der Waals surface area contributed by atoms with Crippen molar-refractivity contribution in [2.24, 2.45) is 0 Å². The van der Waals surface area contributed by atoms with Crippen LogP contribution in [0.15, 0.2) is 53.4 Å². The van der Waals surface area contributed by atoms with E-state index in [-0.39, 0.29) is 29.6 Å². The maximum atomic E-state index is 12.4. The summed E-state index contributed by atoms with van der Waals surface area (Å²) in [6, 6.07) is 12.0. The van der Waals surface area contributed by atoms with Crippen LogP contribution in [0.5, 0.6) is 0 Å². The summed E-state index contributed by atoms with van der Waals surface area (Å²) in [4.78, 5) is 37.2. The van der Waals surface area contributed by atoms with Crippen molar-refractivity contribution in [3.63, 3.8) is 0 Å². The predicted octanol–water partition coefficient (Wildman–Crippen LogP) is 2.28. The second-order valence-electron chi connectivity index (χ2n) is 6.55. The molecule has 152 valence electrons. The molecule has 1 saturated heterocycles. The van der Waals surface area contributed by atoms with Gasteiger partial charge in [-0.15, -0.1) is 0 Å². The molecule has 0 bridgehead atoms. The molecule has 1 heterocycles. The molecule has 0 atom stereocenters. The summed E-state index contributed by atoms with van der Waals surface area (Å²) in [5.41, 5.74) is 1.22. The predicted molar refractivity (Wildman–Crippen MR) is 108 cm³/mol. The number of benzene rings is 2. The second-order valence-corrected chi connectivity index (χ2v) is 8.31. The van der Waals surface area contributed by atoms with E-state index in [1.807, 2.05) is 6.92 Å². The zero-order valence-electron chi connectivity index (χ0n) is 15.8. The van der Waals surface area contributed by atoms with Gasteiger partial charge < -0.3 is 5.32 Å². The van der Waals surface area contributed by atoms with Crippen molar-refractivity contribution in [3.8, 4) is 0 Å². The van der Waals surface area contributed by atoms with Crippen molar-refractivity contribution in [1.29, 1.82) is 0 Å². The Morgan fingerprint density at radius 2 is 1.55 bits per heavy atom. The van der Waals surface area contributed by atoms with Crippen LogP contribution in [0.1, 0.15) is 36.5 Å². The van der Waals surface area contributed by atoms with Gasteiger partial charge in [0.15, 0.2) is 0 Å². The van der Waals surface area contributed by atoms with E-state index in [1.165, 1.54) is 36.4 Å². The molecule has 2 N–H and O–H groups in total. The van der Waals surface area contributed by atoms with Crippen molar-refractivity contribution < 1.29 is 22.8 Å². The molecule has 1 aliphatic heterocycles. The molecule has 0 aromatic heterocycles. The van der Waals surface area contributed by atoms with Gasteiger partial charge in [0.1, 0.15) is 0 Å². The van der Waals surface area contributed by atoms with E-state index < -0.39 is 15.9 Å². The number of hydrogen-bond donors (Lipinski definition) is 2. The van der Waals surface area contributed by atoms with E-state index in [0.29, 0.717) is 29.9 Å². The van der Waals surface area contributed by atoms with Crippen molar-refractivity contribution in [1.82, 2.24) is 4.72 Å². The van der Waals surface area contributed by atoms with Gasteiger partial charge in [-0.05, 0) is 55.0 Å². The van der Waals surface area contributed by atoms with Crippen LogP contribution in [-0.4, -0.2) is 32.7 Å². The van der Waals surface area contributed by atoms with Gasteiger partial charge in [-0.3, -0.25) is 19.3 Å². The Hall–Kier alpha value is -3.04. The number of carbonyl (C=O) groups excluding carboxylic acids is 3. The molecule has 0 radical (unpaired) electrons. The molecule has 0 spiro atoms. The highest BCUT2D eigenvalue weighted by atomic mass is 32.2. The van der Waals surface area contributed by atoms with Crippen molar-refractivity contribution in [2.45, 2.75) is 31.1 Å². The van der Waals surface area contributed by atoms with Gasteiger partial charge in [0, 0.05) is 30.6 Å². The number of hydrogen-bond acceptors (Lipinski definition) is 5. The van der Waals surface area contributed by atoms with Gasteiger partial charge >= 0.3 is 0 Å². The van der Waals surface area contributed by atoms with Gasteiger partial charge in [-0.25, -0.2) is 13.1 Å². The monoisotopic (exact) mass is 415 g/mol. The number of nitrogens with one attached hydrogen (secondary N) is 2. The van der Waals surface area contributed by atoms with Crippen LogP contribution in [0.2, 0.25) is 0 Å². The maximum Gasteiger partial charge on any atom is 0.255 e. The Balaban J connectivity index is 1.67. The first-order valence-electron chi connectivity index (χ1n) is 9.19. The summed E-state index contributed by atoms with van der Waals surface area (Å²) in [7, 11) is -3.56. The smallest absolute Gasteiger partial charge is 0.255 e. The molecule has 0 saturated carbocycles. The third kappa shape index (κ3) is 4.69. The lowest BCUT2D eigenvalue weighted by atomic mass is 10.1. The molecule has 3 amide bonds. The van der Waals surface area contributed by atoms with E-state index in [0.717, 1.165) is 4.90 Å². The molecule has 0 unspecified atom stereocenters. The van der Waals surface area contributed by atoms with Crippen molar-refractivity contribution in [3.05, 3.63) is 54.1 Å². The molecule has 1 aliphatic rings. The Bertz CT molecular complexity index is 1010. The van der Waals surface area contributed by atoms with Gasteiger partial charge in [0.2, 0.25) is 21.8 Å². The topological polar surface area (TPSA) is 113 Å². The first-order chi connectivity index (χ1) is 13.8. The fraction of sp³-hybridized carbons (Fsp3) is 0.250. The van der Waals surface area contributed by atoms with Crippen LogP contribution in [0.3, 0.4) is 0 Å². The number of imide groups is 1. The van der Waals surface area contributed by atoms with E-state index >= 15 is 0 Å². The summed E-state index contributed by atoms with van der Waals surface area (Å²) in [6.45, 7) is 2.22. The maximum absolute atomic E-state index is 12.4. The van der Waals surface area contributed by atoms with Crippen LogP contribution in [0.25, 0.3) is 0 Å². The Kier molecular flexibility index (Phi) is 6.09. The summed E-state index contributed by atoms with van der Waals surface area (Å²) in [5, 5.41) is 2.68. The third-order valence-electron chi connectivity index (χ3n) is 4.40. The van der Waals surface area contributed by atoms with Crippen LogP contribution in [0, 0.1) is 0 Å². The fourth-order valence-electron chi connectivity index (χ4n) is 2.87. The van der Waals surface area contributed by atoms with E-state index in [2.05, 4.69) is 10.0 Å². The number of anilines is 2. The number of rotatable bonds is 7. The highest BCUT2D eigenvalue weighted by Crippen LogP contribution is 2.23. The molecule has 1 fully saturated rings. The molecule has 0 aliphatic carbocycles. The first-order valence-corrected chi connectivity index (χ1v) is 10.7. The highest BCUT2D eigenvalue weighted by Gasteiger charge is 2.30. The highest BCUT2D eigenvalue weighted by molar-refractivity contribution is 7.89. The number of amides is 3. The molecule has 8 nitrogen and oxygen atoms in total. The van der Waals surface area contributed by atoms with Crippen LogP contribution < -0.4 is 14.9 Å². The van der Waals surface area contributed by atoms with Crippen LogP contribution >= 0.6 is 0 Å².